The monoisotopic (exact) mass is 291 g/mol. The van der Waals surface area contributed by atoms with Crippen LogP contribution in [0.2, 0.25) is 0 Å². The van der Waals surface area contributed by atoms with Gasteiger partial charge in [0.05, 0.1) is 6.54 Å². The van der Waals surface area contributed by atoms with Crippen LogP contribution in [-0.4, -0.2) is 36.0 Å². The molecular weight excluding hydrogens is 271 g/mol. The van der Waals surface area contributed by atoms with Crippen LogP contribution in [0, 0.1) is 0 Å². The van der Waals surface area contributed by atoms with E-state index >= 15 is 0 Å². The van der Waals surface area contributed by atoms with Crippen LogP contribution in [0.15, 0.2) is 30.3 Å². The van der Waals surface area contributed by atoms with E-state index in [2.05, 4.69) is 12.6 Å². The molecule has 1 aromatic rings. The van der Waals surface area contributed by atoms with Gasteiger partial charge in [-0.2, -0.15) is 25.8 Å². The minimum atomic E-state index is -4.16. The molecule has 0 heterocycles. The number of nitrogens with zero attached hydrogens (tertiary/aromatic N) is 1. The molecule has 0 amide bonds. The van der Waals surface area contributed by atoms with E-state index in [1.165, 1.54) is 4.90 Å². The van der Waals surface area contributed by atoms with Crippen molar-refractivity contribution >= 4 is 12.6 Å². The third kappa shape index (κ3) is 5.87. The Morgan fingerprint density at radius 2 is 1.74 bits per heavy atom. The molecule has 0 spiro atoms. The Kier molecular flexibility index (Phi) is 6.20. The van der Waals surface area contributed by atoms with Gasteiger partial charge in [0.25, 0.3) is 0 Å². The molecule has 1 rings (SSSR count). The molecular formula is C14H20F3NS. The molecule has 5 heteroatoms. The Morgan fingerprint density at radius 1 is 1.16 bits per heavy atom. The summed E-state index contributed by atoms with van der Waals surface area (Å²) >= 11 is 4.27. The second kappa shape index (κ2) is 7.20. The number of hydrogen-bond donors (Lipinski definition) is 1. The minimum absolute atomic E-state index is 0.00860. The highest BCUT2D eigenvalue weighted by atomic mass is 32.1. The maximum atomic E-state index is 12.6. The summed E-state index contributed by atoms with van der Waals surface area (Å²) in [5.74, 6) is 0.541. The van der Waals surface area contributed by atoms with E-state index in [1.807, 2.05) is 30.3 Å². The first-order valence-corrected chi connectivity index (χ1v) is 6.93. The number of rotatable bonds is 6. The van der Waals surface area contributed by atoms with Crippen molar-refractivity contribution in [2.45, 2.75) is 32.0 Å². The summed E-state index contributed by atoms with van der Waals surface area (Å²) in [5.41, 5.74) is 1.03. The fourth-order valence-corrected chi connectivity index (χ4v) is 2.29. The molecule has 1 aromatic carbocycles. The van der Waals surface area contributed by atoms with Crippen molar-refractivity contribution in [2.24, 2.45) is 0 Å². The van der Waals surface area contributed by atoms with Gasteiger partial charge in [-0.3, -0.25) is 4.90 Å². The zero-order valence-electron chi connectivity index (χ0n) is 11.2. The molecule has 0 aliphatic rings. The molecule has 1 nitrogen and oxygen atoms in total. The molecule has 19 heavy (non-hydrogen) atoms. The summed E-state index contributed by atoms with van der Waals surface area (Å²) in [7, 11) is 0. The average Bonchev–Trinajstić information content (AvgIpc) is 2.33. The van der Waals surface area contributed by atoms with Gasteiger partial charge in [-0.05, 0) is 25.2 Å². The van der Waals surface area contributed by atoms with Gasteiger partial charge in [0.15, 0.2) is 0 Å². The molecule has 0 saturated heterocycles. The van der Waals surface area contributed by atoms with Gasteiger partial charge in [-0.1, -0.05) is 30.3 Å². The highest BCUT2D eigenvalue weighted by Gasteiger charge is 2.32. The third-order valence-corrected chi connectivity index (χ3v) is 3.50. The maximum Gasteiger partial charge on any atom is 0.401 e. The molecule has 1 unspecified atom stereocenters. The highest BCUT2D eigenvalue weighted by molar-refractivity contribution is 7.80. The van der Waals surface area contributed by atoms with Gasteiger partial charge in [-0.15, -0.1) is 0 Å². The van der Waals surface area contributed by atoms with Gasteiger partial charge in [0.1, 0.15) is 0 Å². The number of alkyl halides is 3. The number of hydrogen-bond acceptors (Lipinski definition) is 2. The predicted molar refractivity (Wildman–Crippen MR) is 75.8 cm³/mol. The quantitative estimate of drug-likeness (QED) is 0.776. The minimum Gasteiger partial charge on any atom is -0.292 e. The van der Waals surface area contributed by atoms with E-state index in [0.717, 1.165) is 5.56 Å². The first-order valence-electron chi connectivity index (χ1n) is 6.30. The lowest BCUT2D eigenvalue weighted by Gasteiger charge is -2.31. The summed E-state index contributed by atoms with van der Waals surface area (Å²) in [6, 6.07) is 9.42. The average molecular weight is 291 g/mol. The van der Waals surface area contributed by atoms with Crippen LogP contribution < -0.4 is 0 Å². The van der Waals surface area contributed by atoms with Crippen LogP contribution >= 0.6 is 12.6 Å². The lowest BCUT2D eigenvalue weighted by atomic mass is 10.00. The molecule has 0 aromatic heterocycles. The fraction of sp³-hybridized carbons (Fsp3) is 0.571. The third-order valence-electron chi connectivity index (χ3n) is 3.06. The molecule has 0 radical (unpaired) electrons. The van der Waals surface area contributed by atoms with Gasteiger partial charge < -0.3 is 0 Å². The Bertz CT molecular complexity index is 365. The lowest BCUT2D eigenvalue weighted by Crippen LogP contribution is -2.41. The van der Waals surface area contributed by atoms with Gasteiger partial charge in [0.2, 0.25) is 0 Å². The van der Waals surface area contributed by atoms with Crippen LogP contribution in [0.5, 0.6) is 0 Å². The molecule has 0 bridgehead atoms. The van der Waals surface area contributed by atoms with Crippen molar-refractivity contribution in [3.8, 4) is 0 Å². The normalized spacial score (nSPS) is 14.1. The Balaban J connectivity index is 2.76. The van der Waals surface area contributed by atoms with Crippen LogP contribution in [0.3, 0.4) is 0 Å². The van der Waals surface area contributed by atoms with Crippen molar-refractivity contribution in [1.29, 1.82) is 0 Å². The topological polar surface area (TPSA) is 3.24 Å². The van der Waals surface area contributed by atoms with Crippen LogP contribution in [-0.2, 0) is 0 Å². The molecule has 0 fully saturated rings. The summed E-state index contributed by atoms with van der Waals surface area (Å²) in [5, 5.41) is 0. The van der Waals surface area contributed by atoms with E-state index in [-0.39, 0.29) is 12.0 Å². The SMILES string of the molecule is CC(C)N(CC(CS)c1ccccc1)CC(F)(F)F. The van der Waals surface area contributed by atoms with E-state index in [9.17, 15) is 13.2 Å². The van der Waals surface area contributed by atoms with Gasteiger partial charge >= 0.3 is 6.18 Å². The number of thiol groups is 1. The molecule has 0 aliphatic carbocycles. The van der Waals surface area contributed by atoms with Crippen molar-refractivity contribution in [1.82, 2.24) is 4.90 Å². The van der Waals surface area contributed by atoms with Crippen LogP contribution in [0.1, 0.15) is 25.3 Å². The zero-order valence-corrected chi connectivity index (χ0v) is 12.1. The molecule has 0 saturated carbocycles. The van der Waals surface area contributed by atoms with Gasteiger partial charge in [-0.25, -0.2) is 0 Å². The van der Waals surface area contributed by atoms with Crippen molar-refractivity contribution < 1.29 is 13.2 Å². The summed E-state index contributed by atoms with van der Waals surface area (Å²) < 4.78 is 37.7. The molecule has 1 atom stereocenters. The van der Waals surface area contributed by atoms with E-state index in [1.54, 1.807) is 13.8 Å². The smallest absolute Gasteiger partial charge is 0.292 e. The first-order chi connectivity index (χ1) is 8.83. The van der Waals surface area contributed by atoms with E-state index in [4.69, 9.17) is 0 Å². The number of halogens is 3. The summed E-state index contributed by atoms with van der Waals surface area (Å²) in [6.07, 6.45) is -4.16. The first kappa shape index (κ1) is 16.4. The molecule has 108 valence electrons. The number of benzene rings is 1. The lowest BCUT2D eigenvalue weighted by molar-refractivity contribution is -0.149. The second-order valence-electron chi connectivity index (χ2n) is 4.93. The highest BCUT2D eigenvalue weighted by Crippen LogP contribution is 2.23. The van der Waals surface area contributed by atoms with Crippen molar-refractivity contribution in [3.63, 3.8) is 0 Å². The second-order valence-corrected chi connectivity index (χ2v) is 5.29. The van der Waals surface area contributed by atoms with Crippen molar-refractivity contribution in [2.75, 3.05) is 18.8 Å². The van der Waals surface area contributed by atoms with Crippen LogP contribution in [0.25, 0.3) is 0 Å². The summed E-state index contributed by atoms with van der Waals surface area (Å²) in [4.78, 5) is 1.45. The van der Waals surface area contributed by atoms with Crippen molar-refractivity contribution in [3.05, 3.63) is 35.9 Å². The maximum absolute atomic E-state index is 12.6. The Labute approximate surface area is 118 Å². The largest absolute Gasteiger partial charge is 0.401 e. The van der Waals surface area contributed by atoms with E-state index < -0.39 is 12.7 Å². The Morgan fingerprint density at radius 3 is 2.16 bits per heavy atom. The molecule has 0 aliphatic heterocycles. The van der Waals surface area contributed by atoms with Crippen LogP contribution in [0.4, 0.5) is 13.2 Å². The predicted octanol–water partition coefficient (Wildman–Crippen LogP) is 3.97. The standard InChI is InChI=1S/C14H20F3NS/c1-11(2)18(10-14(15,16)17)8-13(9-19)12-6-4-3-5-7-12/h3-7,11,13,19H,8-10H2,1-2H3. The van der Waals surface area contributed by atoms with E-state index in [0.29, 0.717) is 12.3 Å². The fourth-order valence-electron chi connectivity index (χ4n) is 1.97. The summed E-state index contributed by atoms with van der Waals surface area (Å²) in [6.45, 7) is 3.06. The Hall–Kier alpha value is -0.680. The molecule has 0 N–H and O–H groups in total. The zero-order chi connectivity index (χ0) is 14.5. The van der Waals surface area contributed by atoms with Gasteiger partial charge in [0, 0.05) is 18.5 Å².